The summed E-state index contributed by atoms with van der Waals surface area (Å²) in [6, 6.07) is 0.174. The van der Waals surface area contributed by atoms with Crippen LogP contribution in [0.1, 0.15) is 57.8 Å². The molecule has 2 amide bonds. The summed E-state index contributed by atoms with van der Waals surface area (Å²) in [4.78, 5) is 28.4. The van der Waals surface area contributed by atoms with Crippen molar-refractivity contribution in [2.75, 3.05) is 22.9 Å². The molecule has 2 aliphatic heterocycles. The molecular formula is C17H25N5O2S. The quantitative estimate of drug-likeness (QED) is 0.886. The van der Waals surface area contributed by atoms with Gasteiger partial charge in [-0.15, -0.1) is 10.2 Å². The molecule has 1 saturated carbocycles. The molecule has 7 nitrogen and oxygen atoms in total. The summed E-state index contributed by atoms with van der Waals surface area (Å²) in [7, 11) is 0. The second-order valence-corrected chi connectivity index (χ2v) is 8.15. The van der Waals surface area contributed by atoms with E-state index in [1.54, 1.807) is 4.90 Å². The molecule has 0 unspecified atom stereocenters. The summed E-state index contributed by atoms with van der Waals surface area (Å²) in [6.45, 7) is 1.55. The van der Waals surface area contributed by atoms with Crippen LogP contribution in [0.5, 0.6) is 0 Å². The number of carbonyl (C=O) groups is 2. The van der Waals surface area contributed by atoms with E-state index in [0.29, 0.717) is 17.6 Å². The van der Waals surface area contributed by atoms with Crippen molar-refractivity contribution >= 4 is 33.4 Å². The molecule has 1 aromatic heterocycles. The maximum absolute atomic E-state index is 12.8. The van der Waals surface area contributed by atoms with Crippen molar-refractivity contribution in [3.8, 4) is 0 Å². The fraction of sp³-hybridized carbons (Fsp3) is 0.765. The highest BCUT2D eigenvalue weighted by molar-refractivity contribution is 7.19. The number of nitrogens with one attached hydrogen (secondary N) is 1. The summed E-state index contributed by atoms with van der Waals surface area (Å²) >= 11 is 1.43. The van der Waals surface area contributed by atoms with E-state index in [0.717, 1.165) is 50.3 Å². The van der Waals surface area contributed by atoms with Crippen molar-refractivity contribution in [1.82, 2.24) is 15.5 Å². The average Bonchev–Trinajstić information content (AvgIpc) is 3.35. The number of carbonyl (C=O) groups excluding carboxylic acids is 2. The Labute approximate surface area is 151 Å². The summed E-state index contributed by atoms with van der Waals surface area (Å²) in [6.07, 6.45) is 9.21. The lowest BCUT2D eigenvalue weighted by Gasteiger charge is -2.27. The van der Waals surface area contributed by atoms with E-state index in [-0.39, 0.29) is 17.9 Å². The molecule has 4 rings (SSSR count). The summed E-state index contributed by atoms with van der Waals surface area (Å²) in [5.41, 5.74) is 0. The molecule has 2 saturated heterocycles. The fourth-order valence-electron chi connectivity index (χ4n) is 4.10. The van der Waals surface area contributed by atoms with Crippen LogP contribution in [0.2, 0.25) is 0 Å². The predicted octanol–water partition coefficient (Wildman–Crippen LogP) is 2.08. The molecule has 3 heterocycles. The van der Waals surface area contributed by atoms with Crippen molar-refractivity contribution in [3.05, 3.63) is 0 Å². The van der Waals surface area contributed by atoms with Gasteiger partial charge in [-0.25, -0.2) is 0 Å². The van der Waals surface area contributed by atoms with Crippen LogP contribution >= 0.6 is 11.3 Å². The molecule has 3 aliphatic rings. The Balaban J connectivity index is 1.43. The minimum Gasteiger partial charge on any atom is -0.352 e. The molecule has 136 valence electrons. The Morgan fingerprint density at radius 3 is 2.56 bits per heavy atom. The van der Waals surface area contributed by atoms with Gasteiger partial charge in [0.2, 0.25) is 22.1 Å². The fourth-order valence-corrected chi connectivity index (χ4v) is 5.06. The van der Waals surface area contributed by atoms with E-state index < -0.39 is 0 Å². The van der Waals surface area contributed by atoms with Gasteiger partial charge in [0, 0.05) is 25.6 Å². The highest BCUT2D eigenvalue weighted by Crippen LogP contribution is 2.34. The van der Waals surface area contributed by atoms with Crippen LogP contribution in [0, 0.1) is 0 Å². The Morgan fingerprint density at radius 2 is 1.80 bits per heavy atom. The average molecular weight is 363 g/mol. The second-order valence-electron chi connectivity index (χ2n) is 7.21. The first-order valence-corrected chi connectivity index (χ1v) is 10.2. The number of amides is 2. The van der Waals surface area contributed by atoms with Crippen molar-refractivity contribution < 1.29 is 9.59 Å². The minimum absolute atomic E-state index is 0.121. The van der Waals surface area contributed by atoms with Gasteiger partial charge in [-0.1, -0.05) is 30.6 Å². The number of nitrogens with zero attached hydrogens (tertiary/aromatic N) is 4. The molecule has 1 aromatic rings. The monoisotopic (exact) mass is 363 g/mol. The van der Waals surface area contributed by atoms with E-state index >= 15 is 0 Å². The molecule has 1 atom stereocenters. The van der Waals surface area contributed by atoms with E-state index in [1.807, 2.05) is 0 Å². The maximum atomic E-state index is 12.8. The van der Waals surface area contributed by atoms with Crippen molar-refractivity contribution in [2.24, 2.45) is 0 Å². The molecule has 0 spiro atoms. The molecule has 0 radical (unpaired) electrons. The zero-order valence-corrected chi connectivity index (χ0v) is 15.3. The molecule has 1 N–H and O–H groups in total. The molecule has 3 fully saturated rings. The van der Waals surface area contributed by atoms with E-state index in [2.05, 4.69) is 20.4 Å². The standard InChI is InChI=1S/C17H25N5O2S/c23-14-9-5-11-22(14)17-20-19-16(25-17)21-10-4-8-13(21)15(24)18-12-6-2-1-3-7-12/h12-13H,1-11H2,(H,18,24)/t13-/m1/s1. The number of anilines is 2. The number of aromatic nitrogens is 2. The van der Waals surface area contributed by atoms with Crippen LogP contribution in [-0.2, 0) is 9.59 Å². The third-order valence-corrected chi connectivity index (χ3v) is 6.44. The molecular weight excluding hydrogens is 338 g/mol. The third kappa shape index (κ3) is 3.49. The van der Waals surface area contributed by atoms with Gasteiger partial charge < -0.3 is 10.2 Å². The SMILES string of the molecule is O=C(NC1CCCCC1)[C@H]1CCCN1c1nnc(N2CCCC2=O)s1. The maximum Gasteiger partial charge on any atom is 0.243 e. The lowest BCUT2D eigenvalue weighted by Crippen LogP contribution is -2.47. The van der Waals surface area contributed by atoms with Gasteiger partial charge in [-0.05, 0) is 32.1 Å². The van der Waals surface area contributed by atoms with E-state index in [1.165, 1.54) is 30.6 Å². The minimum atomic E-state index is -0.156. The molecule has 1 aliphatic carbocycles. The van der Waals surface area contributed by atoms with Gasteiger partial charge in [-0.3, -0.25) is 14.5 Å². The number of hydrogen-bond donors (Lipinski definition) is 1. The lowest BCUT2D eigenvalue weighted by molar-refractivity contribution is -0.123. The Hall–Kier alpha value is -1.70. The first-order valence-electron chi connectivity index (χ1n) is 9.43. The van der Waals surface area contributed by atoms with Gasteiger partial charge in [0.05, 0.1) is 0 Å². The Bertz CT molecular complexity index is 643. The van der Waals surface area contributed by atoms with Gasteiger partial charge in [-0.2, -0.15) is 0 Å². The molecule has 8 heteroatoms. The van der Waals surface area contributed by atoms with Gasteiger partial charge in [0.1, 0.15) is 6.04 Å². The highest BCUT2D eigenvalue weighted by Gasteiger charge is 2.35. The summed E-state index contributed by atoms with van der Waals surface area (Å²) in [5.74, 6) is 0.245. The molecule has 0 aromatic carbocycles. The zero-order valence-electron chi connectivity index (χ0n) is 14.4. The number of hydrogen-bond acceptors (Lipinski definition) is 6. The molecule has 0 bridgehead atoms. The van der Waals surface area contributed by atoms with Gasteiger partial charge in [0.15, 0.2) is 0 Å². The van der Waals surface area contributed by atoms with E-state index in [4.69, 9.17) is 0 Å². The Kier molecular flexibility index (Phi) is 4.87. The van der Waals surface area contributed by atoms with Crippen LogP contribution in [-0.4, -0.2) is 47.2 Å². The largest absolute Gasteiger partial charge is 0.352 e. The van der Waals surface area contributed by atoms with E-state index in [9.17, 15) is 9.59 Å². The van der Waals surface area contributed by atoms with Crippen LogP contribution in [0.25, 0.3) is 0 Å². The highest BCUT2D eigenvalue weighted by atomic mass is 32.1. The smallest absolute Gasteiger partial charge is 0.243 e. The van der Waals surface area contributed by atoms with Gasteiger partial charge >= 0.3 is 0 Å². The molecule has 25 heavy (non-hydrogen) atoms. The first-order chi connectivity index (χ1) is 12.2. The van der Waals surface area contributed by atoms with Crippen LogP contribution in [0.15, 0.2) is 0 Å². The van der Waals surface area contributed by atoms with Crippen molar-refractivity contribution in [3.63, 3.8) is 0 Å². The summed E-state index contributed by atoms with van der Waals surface area (Å²) in [5, 5.41) is 13.1. The first kappa shape index (κ1) is 16.8. The zero-order chi connectivity index (χ0) is 17.2. The lowest BCUT2D eigenvalue weighted by atomic mass is 9.95. The summed E-state index contributed by atoms with van der Waals surface area (Å²) < 4.78 is 0. The van der Waals surface area contributed by atoms with Crippen LogP contribution in [0.3, 0.4) is 0 Å². The predicted molar refractivity (Wildman–Crippen MR) is 96.9 cm³/mol. The Morgan fingerprint density at radius 1 is 1.00 bits per heavy atom. The van der Waals surface area contributed by atoms with Crippen molar-refractivity contribution in [1.29, 1.82) is 0 Å². The van der Waals surface area contributed by atoms with Gasteiger partial charge in [0.25, 0.3) is 0 Å². The third-order valence-electron chi connectivity index (χ3n) is 5.46. The topological polar surface area (TPSA) is 78.4 Å². The van der Waals surface area contributed by atoms with Crippen LogP contribution in [0.4, 0.5) is 10.3 Å². The number of rotatable bonds is 4. The normalized spacial score (nSPS) is 25.0. The van der Waals surface area contributed by atoms with Crippen LogP contribution < -0.4 is 15.1 Å². The second kappa shape index (κ2) is 7.27. The van der Waals surface area contributed by atoms with Crippen molar-refractivity contribution in [2.45, 2.75) is 69.9 Å².